The van der Waals surface area contributed by atoms with E-state index in [4.69, 9.17) is 0 Å². The Kier molecular flexibility index (Phi) is 4.84. The first kappa shape index (κ1) is 15.6. The van der Waals surface area contributed by atoms with E-state index in [1.807, 2.05) is 41.9 Å². The molecule has 1 amide bonds. The van der Waals surface area contributed by atoms with Gasteiger partial charge in [0.05, 0.1) is 22.8 Å². The summed E-state index contributed by atoms with van der Waals surface area (Å²) in [5.41, 5.74) is 2.72. The zero-order valence-electron chi connectivity index (χ0n) is 11.7. The van der Waals surface area contributed by atoms with Crippen LogP contribution in [-0.2, 0) is 11.2 Å². The summed E-state index contributed by atoms with van der Waals surface area (Å²) in [5.74, 6) is -0.0891. The molecule has 3 aromatic rings. The number of aryl methyl sites for hydroxylation is 1. The molecule has 2 heterocycles. The highest BCUT2D eigenvalue weighted by Crippen LogP contribution is 2.25. The highest BCUT2D eigenvalue weighted by atomic mass is 127. The van der Waals surface area contributed by atoms with E-state index in [0.29, 0.717) is 5.13 Å². The topological polar surface area (TPSA) is 54.9 Å². The fourth-order valence-electron chi connectivity index (χ4n) is 1.90. The SMILES string of the molecule is Cc1nc(CC(=O)Nc2nc(-c3ccc(I)cc3)cs2)cs1. The molecule has 0 aliphatic heterocycles. The first-order valence-corrected chi connectivity index (χ1v) is 9.36. The molecule has 112 valence electrons. The number of thiazole rings is 2. The predicted molar refractivity (Wildman–Crippen MR) is 99.5 cm³/mol. The zero-order chi connectivity index (χ0) is 15.5. The third-order valence-corrected chi connectivity index (χ3v) is 5.20. The number of nitrogens with zero attached hydrogens (tertiary/aromatic N) is 2. The smallest absolute Gasteiger partial charge is 0.232 e. The van der Waals surface area contributed by atoms with E-state index >= 15 is 0 Å². The Morgan fingerprint density at radius 2 is 1.95 bits per heavy atom. The van der Waals surface area contributed by atoms with E-state index in [2.05, 4.69) is 37.9 Å². The van der Waals surface area contributed by atoms with Crippen LogP contribution in [0.15, 0.2) is 35.0 Å². The van der Waals surface area contributed by atoms with Gasteiger partial charge in [-0.05, 0) is 41.6 Å². The number of aromatic nitrogens is 2. The minimum atomic E-state index is -0.0891. The number of nitrogens with one attached hydrogen (secondary N) is 1. The second-order valence-corrected chi connectivity index (χ2v) is 7.79. The van der Waals surface area contributed by atoms with Crippen molar-refractivity contribution in [2.45, 2.75) is 13.3 Å². The molecule has 0 atom stereocenters. The minimum Gasteiger partial charge on any atom is -0.302 e. The van der Waals surface area contributed by atoms with Gasteiger partial charge in [0.1, 0.15) is 0 Å². The Morgan fingerprint density at radius 1 is 1.18 bits per heavy atom. The lowest BCUT2D eigenvalue weighted by Gasteiger charge is -1.99. The van der Waals surface area contributed by atoms with Gasteiger partial charge < -0.3 is 5.32 Å². The molecule has 2 aromatic heterocycles. The second kappa shape index (κ2) is 6.84. The Balaban J connectivity index is 1.66. The quantitative estimate of drug-likeness (QED) is 0.613. The molecule has 0 saturated heterocycles. The van der Waals surface area contributed by atoms with Crippen molar-refractivity contribution in [2.24, 2.45) is 0 Å². The molecule has 7 heteroatoms. The molecule has 0 saturated carbocycles. The molecule has 0 aliphatic rings. The van der Waals surface area contributed by atoms with E-state index in [1.165, 1.54) is 14.9 Å². The lowest BCUT2D eigenvalue weighted by atomic mass is 10.2. The third kappa shape index (κ3) is 3.90. The average Bonchev–Trinajstić information content (AvgIpc) is 3.09. The Bertz CT molecular complexity index is 795. The van der Waals surface area contributed by atoms with Gasteiger partial charge in [0.15, 0.2) is 5.13 Å². The van der Waals surface area contributed by atoms with Crippen LogP contribution in [0.3, 0.4) is 0 Å². The van der Waals surface area contributed by atoms with Crippen LogP contribution in [-0.4, -0.2) is 15.9 Å². The first-order valence-electron chi connectivity index (χ1n) is 6.52. The van der Waals surface area contributed by atoms with Crippen LogP contribution >= 0.6 is 45.3 Å². The third-order valence-electron chi connectivity index (χ3n) is 2.90. The molecular weight excluding hydrogens is 429 g/mol. The van der Waals surface area contributed by atoms with Crippen LogP contribution in [0, 0.1) is 10.5 Å². The van der Waals surface area contributed by atoms with Crippen molar-refractivity contribution >= 4 is 56.3 Å². The molecule has 1 N–H and O–H groups in total. The van der Waals surface area contributed by atoms with Gasteiger partial charge in [-0.3, -0.25) is 4.79 Å². The number of benzene rings is 1. The number of hydrogen-bond donors (Lipinski definition) is 1. The van der Waals surface area contributed by atoms with E-state index in [0.717, 1.165) is 22.0 Å². The molecule has 22 heavy (non-hydrogen) atoms. The summed E-state index contributed by atoms with van der Waals surface area (Å²) in [4.78, 5) is 20.8. The lowest BCUT2D eigenvalue weighted by molar-refractivity contribution is -0.115. The number of anilines is 1. The molecule has 3 rings (SSSR count). The van der Waals surface area contributed by atoms with Gasteiger partial charge in [-0.15, -0.1) is 22.7 Å². The summed E-state index contributed by atoms with van der Waals surface area (Å²) < 4.78 is 1.18. The monoisotopic (exact) mass is 441 g/mol. The van der Waals surface area contributed by atoms with Gasteiger partial charge in [-0.2, -0.15) is 0 Å². The van der Waals surface area contributed by atoms with Crippen LogP contribution in [0.1, 0.15) is 10.7 Å². The molecule has 0 bridgehead atoms. The van der Waals surface area contributed by atoms with Crippen molar-refractivity contribution in [3.63, 3.8) is 0 Å². The van der Waals surface area contributed by atoms with Gasteiger partial charge >= 0.3 is 0 Å². The standard InChI is InChI=1S/C15H12IN3OS2/c1-9-17-12(7-21-9)6-14(20)19-15-18-13(8-22-15)10-2-4-11(16)5-3-10/h2-5,7-8H,6H2,1H3,(H,18,19,20). The van der Waals surface area contributed by atoms with Crippen molar-refractivity contribution in [3.8, 4) is 11.3 Å². The van der Waals surface area contributed by atoms with Crippen LogP contribution in [0.25, 0.3) is 11.3 Å². The fraction of sp³-hybridized carbons (Fsp3) is 0.133. The zero-order valence-corrected chi connectivity index (χ0v) is 15.5. The molecule has 0 aliphatic carbocycles. The summed E-state index contributed by atoms with van der Waals surface area (Å²) in [6.07, 6.45) is 0.281. The average molecular weight is 441 g/mol. The van der Waals surface area contributed by atoms with Crippen molar-refractivity contribution in [2.75, 3.05) is 5.32 Å². The summed E-state index contributed by atoms with van der Waals surface area (Å²) in [6.45, 7) is 1.93. The van der Waals surface area contributed by atoms with Crippen molar-refractivity contribution in [1.29, 1.82) is 0 Å². The number of carbonyl (C=O) groups is 1. The van der Waals surface area contributed by atoms with Gasteiger partial charge in [0.2, 0.25) is 5.91 Å². The van der Waals surface area contributed by atoms with Crippen molar-refractivity contribution < 1.29 is 4.79 Å². The van der Waals surface area contributed by atoms with Crippen molar-refractivity contribution in [3.05, 3.63) is 49.3 Å². The number of rotatable bonds is 4. The van der Waals surface area contributed by atoms with Gasteiger partial charge in [0, 0.05) is 19.9 Å². The van der Waals surface area contributed by atoms with E-state index in [-0.39, 0.29) is 12.3 Å². The molecule has 0 fully saturated rings. The summed E-state index contributed by atoms with van der Waals surface area (Å²) in [6, 6.07) is 8.14. The maximum atomic E-state index is 12.0. The Morgan fingerprint density at radius 3 is 2.64 bits per heavy atom. The van der Waals surface area contributed by atoms with E-state index in [1.54, 1.807) is 11.3 Å². The van der Waals surface area contributed by atoms with E-state index < -0.39 is 0 Å². The van der Waals surface area contributed by atoms with Crippen LogP contribution in [0.2, 0.25) is 0 Å². The summed E-state index contributed by atoms with van der Waals surface area (Å²) >= 11 is 5.25. The molecule has 1 aromatic carbocycles. The lowest BCUT2D eigenvalue weighted by Crippen LogP contribution is -2.14. The Hall–Kier alpha value is -1.32. The largest absolute Gasteiger partial charge is 0.302 e. The molecule has 0 unspecified atom stereocenters. The molecule has 0 radical (unpaired) electrons. The Labute approximate surface area is 149 Å². The van der Waals surface area contributed by atoms with Crippen LogP contribution in [0.5, 0.6) is 0 Å². The number of carbonyl (C=O) groups excluding carboxylic acids is 1. The maximum absolute atomic E-state index is 12.0. The molecular formula is C15H12IN3OS2. The highest BCUT2D eigenvalue weighted by molar-refractivity contribution is 14.1. The highest BCUT2D eigenvalue weighted by Gasteiger charge is 2.10. The van der Waals surface area contributed by atoms with Crippen molar-refractivity contribution in [1.82, 2.24) is 9.97 Å². The number of amides is 1. The normalized spacial score (nSPS) is 10.6. The van der Waals surface area contributed by atoms with Gasteiger partial charge in [0.25, 0.3) is 0 Å². The van der Waals surface area contributed by atoms with Gasteiger partial charge in [-0.25, -0.2) is 9.97 Å². The second-order valence-electron chi connectivity index (χ2n) is 4.63. The maximum Gasteiger partial charge on any atom is 0.232 e. The van der Waals surface area contributed by atoms with Crippen LogP contribution in [0.4, 0.5) is 5.13 Å². The summed E-state index contributed by atoms with van der Waals surface area (Å²) in [5, 5.41) is 8.28. The van der Waals surface area contributed by atoms with Gasteiger partial charge in [-0.1, -0.05) is 12.1 Å². The van der Waals surface area contributed by atoms with E-state index in [9.17, 15) is 4.79 Å². The fourth-order valence-corrected chi connectivity index (χ4v) is 3.61. The number of halogens is 1. The van der Waals surface area contributed by atoms with Crippen LogP contribution < -0.4 is 5.32 Å². The first-order chi connectivity index (χ1) is 10.6. The predicted octanol–water partition coefficient (Wildman–Crippen LogP) is 4.36. The molecule has 0 spiro atoms. The number of hydrogen-bond acceptors (Lipinski definition) is 5. The summed E-state index contributed by atoms with van der Waals surface area (Å²) in [7, 11) is 0. The molecule has 4 nitrogen and oxygen atoms in total. The minimum absolute atomic E-state index is 0.0891.